The second-order valence-corrected chi connectivity index (χ2v) is 5.03. The molecule has 0 aliphatic carbocycles. The van der Waals surface area contributed by atoms with E-state index in [-0.39, 0.29) is 0 Å². The van der Waals surface area contributed by atoms with Crippen LogP contribution in [0.25, 0.3) is 10.8 Å². The fourth-order valence-electron chi connectivity index (χ4n) is 2.55. The summed E-state index contributed by atoms with van der Waals surface area (Å²) in [4.78, 5) is 0. The summed E-state index contributed by atoms with van der Waals surface area (Å²) in [5, 5.41) is 2.02. The first-order valence-corrected chi connectivity index (χ1v) is 7.87. The molecule has 0 saturated carbocycles. The van der Waals surface area contributed by atoms with Crippen LogP contribution in [-0.2, 0) is 0 Å². The third-order valence-electron chi connectivity index (χ3n) is 3.50. The van der Waals surface area contributed by atoms with E-state index < -0.39 is 0 Å². The zero-order valence-electron chi connectivity index (χ0n) is 13.4. The van der Waals surface area contributed by atoms with Crippen LogP contribution in [0, 0.1) is 0 Å². The second kappa shape index (κ2) is 7.05. The predicted octanol–water partition coefficient (Wildman–Crippen LogP) is 5.43. The Morgan fingerprint density at radius 1 is 0.652 bits per heavy atom. The molecular formula is C20H20O3. The molecule has 3 aromatic carbocycles. The molecule has 0 heterocycles. The van der Waals surface area contributed by atoms with E-state index >= 15 is 0 Å². The van der Waals surface area contributed by atoms with E-state index in [1.165, 1.54) is 0 Å². The van der Waals surface area contributed by atoms with Gasteiger partial charge in [0.25, 0.3) is 0 Å². The van der Waals surface area contributed by atoms with Crippen LogP contribution in [0.3, 0.4) is 0 Å². The van der Waals surface area contributed by atoms with Gasteiger partial charge in [-0.25, -0.2) is 0 Å². The minimum absolute atomic E-state index is 0.573. The van der Waals surface area contributed by atoms with Crippen molar-refractivity contribution in [1.82, 2.24) is 0 Å². The van der Waals surface area contributed by atoms with Crippen molar-refractivity contribution in [3.63, 3.8) is 0 Å². The summed E-state index contributed by atoms with van der Waals surface area (Å²) in [5.74, 6) is 3.10. The van der Waals surface area contributed by atoms with Gasteiger partial charge in [0.1, 0.15) is 11.5 Å². The summed E-state index contributed by atoms with van der Waals surface area (Å²) in [6.07, 6.45) is 0. The molecule has 3 heteroatoms. The van der Waals surface area contributed by atoms with Gasteiger partial charge in [-0.1, -0.05) is 30.3 Å². The van der Waals surface area contributed by atoms with Crippen LogP contribution in [0.2, 0.25) is 0 Å². The van der Waals surface area contributed by atoms with Crippen LogP contribution in [0.15, 0.2) is 60.7 Å². The third-order valence-corrected chi connectivity index (χ3v) is 3.50. The van der Waals surface area contributed by atoms with Gasteiger partial charge in [0.15, 0.2) is 11.5 Å². The molecule has 0 aromatic heterocycles. The largest absolute Gasteiger partial charge is 0.493 e. The number of hydrogen-bond donors (Lipinski definition) is 0. The first kappa shape index (κ1) is 15.2. The number of benzene rings is 3. The number of fused-ring (bicyclic) bond motifs is 1. The molecule has 0 spiro atoms. The van der Waals surface area contributed by atoms with Gasteiger partial charge in [0, 0.05) is 10.8 Å². The highest BCUT2D eigenvalue weighted by Crippen LogP contribution is 2.41. The van der Waals surface area contributed by atoms with Crippen molar-refractivity contribution in [2.75, 3.05) is 13.2 Å². The predicted molar refractivity (Wildman–Crippen MR) is 92.8 cm³/mol. The smallest absolute Gasteiger partial charge is 0.169 e. The van der Waals surface area contributed by atoms with Gasteiger partial charge in [0.05, 0.1) is 13.2 Å². The lowest BCUT2D eigenvalue weighted by molar-refractivity contribution is 0.325. The van der Waals surface area contributed by atoms with E-state index in [0.717, 1.165) is 28.0 Å². The van der Waals surface area contributed by atoms with Crippen molar-refractivity contribution in [3.05, 3.63) is 60.7 Å². The van der Waals surface area contributed by atoms with Gasteiger partial charge in [-0.05, 0) is 44.2 Å². The van der Waals surface area contributed by atoms with E-state index in [4.69, 9.17) is 14.2 Å². The number of ether oxygens (including phenoxy) is 3. The average molecular weight is 308 g/mol. The molecule has 3 nitrogen and oxygen atoms in total. The normalized spacial score (nSPS) is 10.5. The minimum atomic E-state index is 0.573. The van der Waals surface area contributed by atoms with E-state index in [0.29, 0.717) is 19.0 Å². The first-order chi connectivity index (χ1) is 11.3. The Labute approximate surface area is 136 Å². The van der Waals surface area contributed by atoms with Crippen LogP contribution in [0.4, 0.5) is 0 Å². The summed E-state index contributed by atoms with van der Waals surface area (Å²) in [6.45, 7) is 5.15. The molecule has 0 atom stereocenters. The zero-order valence-corrected chi connectivity index (χ0v) is 13.4. The lowest BCUT2D eigenvalue weighted by atomic mass is 10.1. The number of rotatable bonds is 6. The van der Waals surface area contributed by atoms with Crippen LogP contribution < -0.4 is 14.2 Å². The molecule has 0 N–H and O–H groups in total. The molecule has 23 heavy (non-hydrogen) atoms. The highest BCUT2D eigenvalue weighted by atomic mass is 16.5. The molecule has 0 saturated heterocycles. The van der Waals surface area contributed by atoms with E-state index in [1.54, 1.807) is 0 Å². The summed E-state index contributed by atoms with van der Waals surface area (Å²) in [7, 11) is 0. The van der Waals surface area contributed by atoms with Crippen LogP contribution in [0.5, 0.6) is 23.0 Å². The molecule has 3 rings (SSSR count). The lowest BCUT2D eigenvalue weighted by Gasteiger charge is -2.15. The van der Waals surface area contributed by atoms with Gasteiger partial charge in [-0.2, -0.15) is 0 Å². The summed E-state index contributed by atoms with van der Waals surface area (Å²) in [6, 6.07) is 19.6. The Bertz CT molecular complexity index is 781. The highest BCUT2D eigenvalue weighted by molar-refractivity contribution is 5.95. The standard InChI is InChI=1S/C20H20O3/c1-3-21-18-12-8-11-17-16(18)13-14-19(20(17)22-4-2)23-15-9-6-5-7-10-15/h5-14H,3-4H2,1-2H3. The SMILES string of the molecule is CCOc1cccc2c(OCC)c(Oc3ccccc3)ccc12. The Kier molecular flexibility index (Phi) is 4.67. The van der Waals surface area contributed by atoms with E-state index in [1.807, 2.05) is 74.5 Å². The Morgan fingerprint density at radius 2 is 1.43 bits per heavy atom. The number of para-hydroxylation sites is 1. The Hall–Kier alpha value is -2.68. The van der Waals surface area contributed by atoms with Crippen molar-refractivity contribution in [1.29, 1.82) is 0 Å². The average Bonchev–Trinajstić information content (AvgIpc) is 2.58. The van der Waals surface area contributed by atoms with Crippen LogP contribution in [-0.4, -0.2) is 13.2 Å². The van der Waals surface area contributed by atoms with Gasteiger partial charge >= 0.3 is 0 Å². The van der Waals surface area contributed by atoms with Crippen molar-refractivity contribution in [2.45, 2.75) is 13.8 Å². The van der Waals surface area contributed by atoms with Gasteiger partial charge < -0.3 is 14.2 Å². The molecule has 0 unspecified atom stereocenters. The van der Waals surface area contributed by atoms with E-state index in [2.05, 4.69) is 0 Å². The first-order valence-electron chi connectivity index (χ1n) is 7.87. The molecule has 0 fully saturated rings. The highest BCUT2D eigenvalue weighted by Gasteiger charge is 2.13. The summed E-state index contributed by atoms with van der Waals surface area (Å²) < 4.78 is 17.6. The van der Waals surface area contributed by atoms with Crippen LogP contribution >= 0.6 is 0 Å². The molecule has 0 aliphatic rings. The monoisotopic (exact) mass is 308 g/mol. The Balaban J connectivity index is 2.09. The number of hydrogen-bond acceptors (Lipinski definition) is 3. The molecule has 0 aliphatic heterocycles. The third kappa shape index (κ3) is 3.24. The van der Waals surface area contributed by atoms with Crippen molar-refractivity contribution in [3.8, 4) is 23.0 Å². The second-order valence-electron chi connectivity index (χ2n) is 5.03. The van der Waals surface area contributed by atoms with Crippen molar-refractivity contribution < 1.29 is 14.2 Å². The minimum Gasteiger partial charge on any atom is -0.493 e. The topological polar surface area (TPSA) is 27.7 Å². The molecule has 0 amide bonds. The fourth-order valence-corrected chi connectivity index (χ4v) is 2.55. The molecule has 0 radical (unpaired) electrons. The maximum Gasteiger partial charge on any atom is 0.169 e. The van der Waals surface area contributed by atoms with Crippen LogP contribution in [0.1, 0.15) is 13.8 Å². The van der Waals surface area contributed by atoms with Crippen molar-refractivity contribution >= 4 is 10.8 Å². The fraction of sp³-hybridized carbons (Fsp3) is 0.200. The molecule has 0 bridgehead atoms. The molecule has 118 valence electrons. The maximum absolute atomic E-state index is 6.00. The summed E-state index contributed by atoms with van der Waals surface area (Å²) >= 11 is 0. The quantitative estimate of drug-likeness (QED) is 0.607. The van der Waals surface area contributed by atoms with Gasteiger partial charge in [-0.15, -0.1) is 0 Å². The Morgan fingerprint density at radius 3 is 2.17 bits per heavy atom. The van der Waals surface area contributed by atoms with Gasteiger partial charge in [-0.3, -0.25) is 0 Å². The zero-order chi connectivity index (χ0) is 16.1. The van der Waals surface area contributed by atoms with Crippen molar-refractivity contribution in [2.24, 2.45) is 0 Å². The molecular weight excluding hydrogens is 288 g/mol. The molecule has 3 aromatic rings. The lowest BCUT2D eigenvalue weighted by Crippen LogP contribution is -1.98. The summed E-state index contributed by atoms with van der Waals surface area (Å²) in [5.41, 5.74) is 0. The van der Waals surface area contributed by atoms with Gasteiger partial charge in [0.2, 0.25) is 0 Å². The maximum atomic E-state index is 6.00. The van der Waals surface area contributed by atoms with E-state index in [9.17, 15) is 0 Å².